The van der Waals surface area contributed by atoms with Crippen LogP contribution in [-0.2, 0) is 4.79 Å². The zero-order valence-corrected chi connectivity index (χ0v) is 8.51. The van der Waals surface area contributed by atoms with E-state index in [1.54, 1.807) is 19.9 Å². The summed E-state index contributed by atoms with van der Waals surface area (Å²) in [4.78, 5) is 18.8. The van der Waals surface area contributed by atoms with E-state index in [2.05, 4.69) is 27.1 Å². The van der Waals surface area contributed by atoms with Crippen LogP contribution in [0.4, 0.5) is 5.95 Å². The lowest BCUT2D eigenvalue weighted by atomic mass is 10.4. The fourth-order valence-corrected chi connectivity index (χ4v) is 1.07. The minimum absolute atomic E-state index is 0.169. The van der Waals surface area contributed by atoms with Crippen LogP contribution in [0.1, 0.15) is 12.6 Å². The zero-order valence-electron chi connectivity index (χ0n) is 7.76. The van der Waals surface area contributed by atoms with E-state index in [-0.39, 0.29) is 11.1 Å². The van der Waals surface area contributed by atoms with Gasteiger partial charge in [-0.15, -0.1) is 0 Å². The Morgan fingerprint density at radius 2 is 2.29 bits per heavy atom. The quantitative estimate of drug-likeness (QED) is 0.562. The first-order valence-electron chi connectivity index (χ1n) is 3.86. The number of anilines is 1. The molecule has 1 rings (SSSR count). The summed E-state index contributed by atoms with van der Waals surface area (Å²) in [5.41, 5.74) is 0.685. The molecule has 1 heterocycles. The Bertz CT molecular complexity index is 400. The largest absolute Gasteiger partial charge is 0.302 e. The van der Waals surface area contributed by atoms with Gasteiger partial charge in [-0.1, -0.05) is 17.5 Å². The van der Waals surface area contributed by atoms with Crippen molar-refractivity contribution in [1.29, 1.82) is 0 Å². The number of halogens is 1. The van der Waals surface area contributed by atoms with Gasteiger partial charge in [-0.25, -0.2) is 9.97 Å². The van der Waals surface area contributed by atoms with E-state index in [4.69, 9.17) is 11.6 Å². The molecule has 0 radical (unpaired) electrons. The van der Waals surface area contributed by atoms with E-state index in [9.17, 15) is 4.79 Å². The second-order valence-corrected chi connectivity index (χ2v) is 2.87. The molecule has 0 aromatic carbocycles. The smallest absolute Gasteiger partial charge is 0.283 e. The van der Waals surface area contributed by atoms with Crippen molar-refractivity contribution in [3.63, 3.8) is 0 Å². The van der Waals surface area contributed by atoms with Gasteiger partial charge >= 0.3 is 5.91 Å². The molecule has 1 amide bonds. The van der Waals surface area contributed by atoms with Crippen LogP contribution < -0.4 is 5.32 Å². The van der Waals surface area contributed by atoms with Gasteiger partial charge < -0.3 is 0 Å². The Kier molecular flexibility index (Phi) is 3.43. The van der Waals surface area contributed by atoms with E-state index < -0.39 is 5.91 Å². The molecule has 0 fully saturated rings. The van der Waals surface area contributed by atoms with Crippen molar-refractivity contribution in [3.8, 4) is 11.8 Å². The number of aryl methyl sites for hydroxylation is 1. The van der Waals surface area contributed by atoms with Crippen LogP contribution in [0.15, 0.2) is 6.07 Å². The minimum atomic E-state index is -0.450. The van der Waals surface area contributed by atoms with Crippen LogP contribution in [0.25, 0.3) is 0 Å². The Morgan fingerprint density at radius 1 is 1.57 bits per heavy atom. The van der Waals surface area contributed by atoms with Gasteiger partial charge in [0.05, 0.1) is 0 Å². The molecule has 0 aliphatic heterocycles. The SMILES string of the molecule is CC#CC(=O)Nc1nc(C)cc(Cl)n1. The van der Waals surface area contributed by atoms with Gasteiger partial charge in [0.15, 0.2) is 0 Å². The molecule has 14 heavy (non-hydrogen) atoms. The van der Waals surface area contributed by atoms with Crippen LogP contribution in [0.5, 0.6) is 0 Å². The molecule has 0 aliphatic rings. The first-order chi connectivity index (χ1) is 6.61. The fourth-order valence-electron chi connectivity index (χ4n) is 0.832. The minimum Gasteiger partial charge on any atom is -0.283 e. The summed E-state index contributed by atoms with van der Waals surface area (Å²) in [6.07, 6.45) is 0. The van der Waals surface area contributed by atoms with Gasteiger partial charge in [-0.05, 0) is 25.8 Å². The Morgan fingerprint density at radius 3 is 2.86 bits per heavy atom. The van der Waals surface area contributed by atoms with Crippen LogP contribution in [-0.4, -0.2) is 15.9 Å². The maximum atomic E-state index is 11.0. The van der Waals surface area contributed by atoms with Gasteiger partial charge in [0.25, 0.3) is 0 Å². The van der Waals surface area contributed by atoms with Crippen molar-refractivity contribution in [2.45, 2.75) is 13.8 Å². The Balaban J connectivity index is 2.85. The maximum absolute atomic E-state index is 11.0. The molecule has 5 heteroatoms. The molecule has 72 valence electrons. The third-order valence-corrected chi connectivity index (χ3v) is 1.48. The third-order valence-electron chi connectivity index (χ3n) is 1.29. The normalized spacial score (nSPS) is 8.79. The van der Waals surface area contributed by atoms with Crippen LogP contribution in [0.3, 0.4) is 0 Å². The lowest BCUT2D eigenvalue weighted by molar-refractivity contribution is -0.111. The summed E-state index contributed by atoms with van der Waals surface area (Å²) in [6, 6.07) is 1.60. The lowest BCUT2D eigenvalue weighted by Crippen LogP contribution is -2.11. The molecule has 0 bridgehead atoms. The zero-order chi connectivity index (χ0) is 10.6. The monoisotopic (exact) mass is 209 g/mol. The van der Waals surface area contributed by atoms with Crippen LogP contribution >= 0.6 is 11.6 Å². The molecule has 0 aliphatic carbocycles. The van der Waals surface area contributed by atoms with Gasteiger partial charge in [0, 0.05) is 5.69 Å². The number of carbonyl (C=O) groups is 1. The second-order valence-electron chi connectivity index (χ2n) is 2.48. The average Bonchev–Trinajstić information content (AvgIpc) is 2.01. The molecular formula is C9H8ClN3O. The second kappa shape index (κ2) is 4.58. The molecule has 0 saturated carbocycles. The number of amides is 1. The van der Waals surface area contributed by atoms with E-state index in [0.29, 0.717) is 5.69 Å². The standard InChI is InChI=1S/C9H8ClN3O/c1-3-4-8(14)13-9-11-6(2)5-7(10)12-9/h5H,1-2H3,(H,11,12,13,14). The number of nitrogens with one attached hydrogen (secondary N) is 1. The summed E-state index contributed by atoms with van der Waals surface area (Å²) < 4.78 is 0. The molecule has 0 saturated heterocycles. The van der Waals surface area contributed by atoms with Crippen molar-refractivity contribution in [2.75, 3.05) is 5.32 Å². The molecule has 0 spiro atoms. The van der Waals surface area contributed by atoms with Crippen molar-refractivity contribution in [3.05, 3.63) is 16.9 Å². The summed E-state index contributed by atoms with van der Waals surface area (Å²) in [5, 5.41) is 2.69. The molecule has 1 aromatic heterocycles. The van der Waals surface area contributed by atoms with Crippen molar-refractivity contribution in [1.82, 2.24) is 9.97 Å². The van der Waals surface area contributed by atoms with E-state index in [1.807, 2.05) is 0 Å². The lowest BCUT2D eigenvalue weighted by Gasteiger charge is -2.00. The van der Waals surface area contributed by atoms with E-state index in [1.165, 1.54) is 0 Å². The Labute approximate surface area is 86.7 Å². The fraction of sp³-hybridized carbons (Fsp3) is 0.222. The van der Waals surface area contributed by atoms with Crippen molar-refractivity contribution < 1.29 is 4.79 Å². The molecule has 4 nitrogen and oxygen atoms in total. The van der Waals surface area contributed by atoms with Crippen molar-refractivity contribution in [2.24, 2.45) is 0 Å². The molecule has 0 unspecified atom stereocenters. The first-order valence-corrected chi connectivity index (χ1v) is 4.24. The molecule has 1 N–H and O–H groups in total. The molecular weight excluding hydrogens is 202 g/mol. The summed E-state index contributed by atoms with van der Waals surface area (Å²) in [7, 11) is 0. The highest BCUT2D eigenvalue weighted by Gasteiger charge is 2.02. The van der Waals surface area contributed by atoms with Crippen LogP contribution in [0, 0.1) is 18.8 Å². The van der Waals surface area contributed by atoms with Gasteiger partial charge in [-0.2, -0.15) is 0 Å². The highest BCUT2D eigenvalue weighted by atomic mass is 35.5. The first kappa shape index (κ1) is 10.5. The average molecular weight is 210 g/mol. The summed E-state index contributed by atoms with van der Waals surface area (Å²) in [5.74, 6) is 4.50. The van der Waals surface area contributed by atoms with E-state index >= 15 is 0 Å². The number of nitrogens with zero attached hydrogens (tertiary/aromatic N) is 2. The van der Waals surface area contributed by atoms with E-state index in [0.717, 1.165) is 0 Å². The maximum Gasteiger partial charge on any atom is 0.302 e. The predicted molar refractivity (Wildman–Crippen MR) is 53.9 cm³/mol. The number of rotatable bonds is 1. The Hall–Kier alpha value is -1.60. The number of aromatic nitrogens is 2. The third kappa shape index (κ3) is 3.04. The van der Waals surface area contributed by atoms with Crippen molar-refractivity contribution >= 4 is 23.5 Å². The topological polar surface area (TPSA) is 54.9 Å². The number of hydrogen-bond acceptors (Lipinski definition) is 3. The molecule has 0 atom stereocenters. The highest BCUT2D eigenvalue weighted by molar-refractivity contribution is 6.29. The number of hydrogen-bond donors (Lipinski definition) is 1. The van der Waals surface area contributed by atoms with Gasteiger partial charge in [0.2, 0.25) is 5.95 Å². The van der Waals surface area contributed by atoms with Crippen LogP contribution in [0.2, 0.25) is 5.15 Å². The summed E-state index contributed by atoms with van der Waals surface area (Å²) >= 11 is 5.67. The predicted octanol–water partition coefficient (Wildman–Crippen LogP) is 1.40. The van der Waals surface area contributed by atoms with Gasteiger partial charge in [0.1, 0.15) is 5.15 Å². The summed E-state index contributed by atoms with van der Waals surface area (Å²) in [6.45, 7) is 3.33. The number of carbonyl (C=O) groups excluding carboxylic acids is 1. The molecule has 1 aromatic rings. The highest BCUT2D eigenvalue weighted by Crippen LogP contribution is 2.08. The van der Waals surface area contributed by atoms with Gasteiger partial charge in [-0.3, -0.25) is 10.1 Å².